The van der Waals surface area contributed by atoms with Crippen molar-refractivity contribution in [2.45, 2.75) is 65.2 Å². The molecular weight excluding hydrogens is 364 g/mol. The lowest BCUT2D eigenvalue weighted by atomic mass is 9.74. The molecule has 1 aliphatic rings. The number of carbonyl (C=O) groups is 2. The summed E-state index contributed by atoms with van der Waals surface area (Å²) in [6.45, 7) is 3.74. The molecule has 0 spiro atoms. The lowest BCUT2D eigenvalue weighted by molar-refractivity contribution is -0.133. The van der Waals surface area contributed by atoms with Gasteiger partial charge in [0.1, 0.15) is 11.6 Å². The predicted molar refractivity (Wildman–Crippen MR) is 102 cm³/mol. The van der Waals surface area contributed by atoms with Gasteiger partial charge in [0.05, 0.1) is 5.92 Å². The number of ketones is 2. The zero-order valence-electron chi connectivity index (χ0n) is 14.9. The molecule has 24 heavy (non-hydrogen) atoms. The van der Waals surface area contributed by atoms with E-state index in [0.717, 1.165) is 36.1 Å². The van der Waals surface area contributed by atoms with E-state index < -0.39 is 0 Å². The third kappa shape index (κ3) is 5.54. The van der Waals surface area contributed by atoms with Gasteiger partial charge in [0, 0.05) is 17.3 Å². The molecule has 0 atom stereocenters. The van der Waals surface area contributed by atoms with Crippen molar-refractivity contribution in [1.82, 2.24) is 0 Å². The minimum atomic E-state index is -0.340. The fourth-order valence-corrected chi connectivity index (χ4v) is 4.16. The summed E-state index contributed by atoms with van der Waals surface area (Å²) in [5.41, 5.74) is 1.40. The van der Waals surface area contributed by atoms with Gasteiger partial charge in [-0.2, -0.15) is 0 Å². The van der Waals surface area contributed by atoms with E-state index in [-0.39, 0.29) is 17.5 Å². The number of rotatable bonds is 8. The Bertz CT molecular complexity index is 525. The normalized spacial score (nSPS) is 21.0. The molecule has 0 unspecified atom stereocenters. The quantitative estimate of drug-likeness (QED) is 0.526. The Morgan fingerprint density at radius 2 is 1.46 bits per heavy atom. The molecule has 0 N–H and O–H groups in total. The van der Waals surface area contributed by atoms with Crippen LogP contribution in [0.15, 0.2) is 28.7 Å². The minimum Gasteiger partial charge on any atom is -0.299 e. The van der Waals surface area contributed by atoms with Crippen LogP contribution in [0.3, 0.4) is 0 Å². The fourth-order valence-electron chi connectivity index (χ4n) is 3.89. The second-order valence-corrected chi connectivity index (χ2v) is 8.06. The smallest absolute Gasteiger partial charge is 0.143 e. The van der Waals surface area contributed by atoms with Crippen molar-refractivity contribution in [1.29, 1.82) is 0 Å². The highest BCUT2D eigenvalue weighted by molar-refractivity contribution is 9.10. The fraction of sp³-hybridized carbons (Fsp3) is 0.619. The van der Waals surface area contributed by atoms with Crippen LogP contribution < -0.4 is 0 Å². The highest BCUT2D eigenvalue weighted by Gasteiger charge is 2.29. The number of hydrogen-bond donors (Lipinski definition) is 0. The maximum absolute atomic E-state index is 12.1. The van der Waals surface area contributed by atoms with E-state index in [1.54, 1.807) is 0 Å². The average Bonchev–Trinajstić information content (AvgIpc) is 2.61. The first-order chi connectivity index (χ1) is 11.5. The van der Waals surface area contributed by atoms with Crippen LogP contribution in [0.2, 0.25) is 0 Å². The maximum atomic E-state index is 12.1. The van der Waals surface area contributed by atoms with Crippen molar-refractivity contribution in [3.63, 3.8) is 0 Å². The summed E-state index contributed by atoms with van der Waals surface area (Å²) < 4.78 is 1.13. The van der Waals surface area contributed by atoms with Crippen molar-refractivity contribution in [3.05, 3.63) is 34.3 Å². The molecule has 2 rings (SSSR count). The van der Waals surface area contributed by atoms with E-state index in [9.17, 15) is 9.59 Å². The lowest BCUT2D eigenvalue weighted by Crippen LogP contribution is -2.27. The van der Waals surface area contributed by atoms with Crippen molar-refractivity contribution < 1.29 is 9.59 Å². The van der Waals surface area contributed by atoms with Crippen LogP contribution in [0.1, 0.15) is 64.4 Å². The van der Waals surface area contributed by atoms with Gasteiger partial charge in [0.15, 0.2) is 0 Å². The number of halogens is 1. The second kappa shape index (κ2) is 9.50. The summed E-state index contributed by atoms with van der Waals surface area (Å²) in [7, 11) is 0. The Morgan fingerprint density at radius 1 is 0.958 bits per heavy atom. The first-order valence-electron chi connectivity index (χ1n) is 9.33. The third-order valence-electron chi connectivity index (χ3n) is 5.45. The molecule has 0 aliphatic heterocycles. The van der Waals surface area contributed by atoms with Crippen molar-refractivity contribution in [2.75, 3.05) is 0 Å². The van der Waals surface area contributed by atoms with Gasteiger partial charge < -0.3 is 0 Å². The standard InChI is InChI=1S/C21H29BrO2/c1-3-20(23)19(21(24)4-2)14-17-7-5-15(6-8-17)13-16-9-11-18(22)12-10-16/h9-12,15,17,19H,3-8,13-14H2,1-2H3. The Labute approximate surface area is 154 Å². The molecule has 3 heteroatoms. The molecule has 1 saturated carbocycles. The van der Waals surface area contributed by atoms with Crippen molar-refractivity contribution >= 4 is 27.5 Å². The molecule has 0 saturated heterocycles. The molecule has 0 bridgehead atoms. The monoisotopic (exact) mass is 392 g/mol. The number of Topliss-reactive ketones (excluding diaryl/α,β-unsaturated/α-hetero) is 2. The minimum absolute atomic E-state index is 0.138. The molecule has 1 fully saturated rings. The van der Waals surface area contributed by atoms with Crippen molar-refractivity contribution in [3.8, 4) is 0 Å². The molecular formula is C21H29BrO2. The third-order valence-corrected chi connectivity index (χ3v) is 5.98. The van der Waals surface area contributed by atoms with Crippen LogP contribution in [0.5, 0.6) is 0 Å². The van der Waals surface area contributed by atoms with Gasteiger partial charge in [-0.1, -0.05) is 54.8 Å². The molecule has 2 nitrogen and oxygen atoms in total. The van der Waals surface area contributed by atoms with Crippen molar-refractivity contribution in [2.24, 2.45) is 17.8 Å². The molecule has 0 aromatic heterocycles. The Morgan fingerprint density at radius 3 is 1.96 bits per heavy atom. The zero-order chi connectivity index (χ0) is 17.5. The topological polar surface area (TPSA) is 34.1 Å². The number of carbonyl (C=O) groups excluding carboxylic acids is 2. The Kier molecular flexibility index (Phi) is 7.67. The summed E-state index contributed by atoms with van der Waals surface area (Å²) in [5, 5.41) is 0. The number of benzene rings is 1. The molecule has 1 aromatic carbocycles. The Hall–Kier alpha value is -0.960. The molecule has 1 aromatic rings. The average molecular weight is 393 g/mol. The van der Waals surface area contributed by atoms with Gasteiger partial charge in [-0.05, 0) is 55.2 Å². The van der Waals surface area contributed by atoms with Gasteiger partial charge in [0.2, 0.25) is 0 Å². The van der Waals surface area contributed by atoms with Crippen LogP contribution in [0.4, 0.5) is 0 Å². The van der Waals surface area contributed by atoms with Gasteiger partial charge in [0.25, 0.3) is 0 Å². The highest BCUT2D eigenvalue weighted by Crippen LogP contribution is 2.35. The first kappa shape index (κ1) is 19.4. The second-order valence-electron chi connectivity index (χ2n) is 7.15. The number of hydrogen-bond acceptors (Lipinski definition) is 2. The van der Waals surface area contributed by atoms with E-state index in [2.05, 4.69) is 40.2 Å². The Balaban J connectivity index is 1.84. The van der Waals surface area contributed by atoms with Gasteiger partial charge >= 0.3 is 0 Å². The molecule has 0 radical (unpaired) electrons. The largest absolute Gasteiger partial charge is 0.299 e. The van der Waals surface area contributed by atoms with E-state index in [4.69, 9.17) is 0 Å². The summed E-state index contributed by atoms with van der Waals surface area (Å²) >= 11 is 3.48. The molecule has 1 aliphatic carbocycles. The van der Waals surface area contributed by atoms with Gasteiger partial charge in [-0.15, -0.1) is 0 Å². The van der Waals surface area contributed by atoms with Gasteiger partial charge in [-0.3, -0.25) is 9.59 Å². The summed E-state index contributed by atoms with van der Waals surface area (Å²) in [6.07, 6.45) is 7.64. The van der Waals surface area contributed by atoms with E-state index in [1.165, 1.54) is 18.4 Å². The molecule has 0 amide bonds. The van der Waals surface area contributed by atoms with Crippen LogP contribution in [-0.4, -0.2) is 11.6 Å². The zero-order valence-corrected chi connectivity index (χ0v) is 16.5. The summed E-state index contributed by atoms with van der Waals surface area (Å²) in [4.78, 5) is 24.2. The van der Waals surface area contributed by atoms with Gasteiger partial charge in [-0.25, -0.2) is 0 Å². The SMILES string of the molecule is CCC(=O)C(CC1CCC(Cc2ccc(Br)cc2)CC1)C(=O)CC. The van der Waals surface area contributed by atoms with E-state index >= 15 is 0 Å². The van der Waals surface area contributed by atoms with E-state index in [1.807, 2.05) is 13.8 Å². The van der Waals surface area contributed by atoms with E-state index in [0.29, 0.717) is 18.8 Å². The van der Waals surface area contributed by atoms with Crippen LogP contribution in [-0.2, 0) is 16.0 Å². The van der Waals surface area contributed by atoms with Crippen LogP contribution in [0, 0.1) is 17.8 Å². The van der Waals surface area contributed by atoms with Crippen LogP contribution in [0.25, 0.3) is 0 Å². The first-order valence-corrected chi connectivity index (χ1v) is 10.1. The van der Waals surface area contributed by atoms with Crippen LogP contribution >= 0.6 is 15.9 Å². The predicted octanol–water partition coefficient (Wildman–Crippen LogP) is 5.76. The molecule has 0 heterocycles. The summed E-state index contributed by atoms with van der Waals surface area (Å²) in [6, 6.07) is 8.62. The maximum Gasteiger partial charge on any atom is 0.143 e. The highest BCUT2D eigenvalue weighted by atomic mass is 79.9. The summed E-state index contributed by atoms with van der Waals surface area (Å²) in [5.74, 6) is 1.22. The lowest BCUT2D eigenvalue weighted by Gasteiger charge is -2.30. The molecule has 132 valence electrons.